The Balaban J connectivity index is 2.68. The molecule has 0 fully saturated rings. The minimum atomic E-state index is -2.98. The first-order valence-electron chi connectivity index (χ1n) is 6.39. The number of unbranched alkanes of at least 4 members (excludes halogenated alkanes) is 1. The molecule has 0 saturated carbocycles. The van der Waals surface area contributed by atoms with Crippen molar-refractivity contribution in [3.63, 3.8) is 0 Å². The van der Waals surface area contributed by atoms with Crippen LogP contribution < -0.4 is 4.74 Å². The third-order valence-corrected chi connectivity index (χ3v) is 3.43. The molecule has 0 spiro atoms. The molecular formula is C14H17BrF2O3. The number of halogens is 3. The highest BCUT2D eigenvalue weighted by molar-refractivity contribution is 9.10. The van der Waals surface area contributed by atoms with E-state index in [0.717, 1.165) is 0 Å². The standard InChI is InChI=1S/C14H17BrF2O3/c1-2-20-10-6-7-11(12(15)9-10)14(16,17)8-4-3-5-13(18)19/h6-7,9H,2-5,8H2,1H3,(H,18,19). The van der Waals surface area contributed by atoms with Crippen molar-refractivity contribution in [3.05, 3.63) is 28.2 Å². The van der Waals surface area contributed by atoms with Gasteiger partial charge in [0.05, 0.1) is 6.61 Å². The normalized spacial score (nSPS) is 11.4. The summed E-state index contributed by atoms with van der Waals surface area (Å²) in [7, 11) is 0. The second kappa shape index (κ2) is 7.57. The van der Waals surface area contributed by atoms with Crippen molar-refractivity contribution < 1.29 is 23.4 Å². The Morgan fingerprint density at radius 3 is 2.65 bits per heavy atom. The van der Waals surface area contributed by atoms with Crippen LogP contribution in [0.3, 0.4) is 0 Å². The van der Waals surface area contributed by atoms with Gasteiger partial charge in [0.1, 0.15) is 5.75 Å². The van der Waals surface area contributed by atoms with E-state index in [9.17, 15) is 13.6 Å². The fourth-order valence-corrected chi connectivity index (χ4v) is 2.45. The number of aliphatic carboxylic acids is 1. The summed E-state index contributed by atoms with van der Waals surface area (Å²) in [6, 6.07) is 4.37. The fraction of sp³-hybridized carbons (Fsp3) is 0.500. The van der Waals surface area contributed by atoms with E-state index in [1.54, 1.807) is 0 Å². The second-order valence-corrected chi connectivity index (χ2v) is 5.23. The van der Waals surface area contributed by atoms with Gasteiger partial charge in [0.25, 0.3) is 5.92 Å². The predicted octanol–water partition coefficient (Wildman–Crippen LogP) is 4.58. The maximum atomic E-state index is 14.0. The lowest BCUT2D eigenvalue weighted by Crippen LogP contribution is -2.14. The predicted molar refractivity (Wildman–Crippen MR) is 75.3 cm³/mol. The van der Waals surface area contributed by atoms with Crippen LogP contribution in [0.5, 0.6) is 5.75 Å². The van der Waals surface area contributed by atoms with E-state index >= 15 is 0 Å². The van der Waals surface area contributed by atoms with Gasteiger partial charge >= 0.3 is 5.97 Å². The molecule has 0 aromatic heterocycles. The first-order valence-corrected chi connectivity index (χ1v) is 7.18. The molecule has 0 heterocycles. The number of carboxylic acids is 1. The lowest BCUT2D eigenvalue weighted by atomic mass is 10.0. The summed E-state index contributed by atoms with van der Waals surface area (Å²) in [5.74, 6) is -3.41. The monoisotopic (exact) mass is 350 g/mol. The first kappa shape index (κ1) is 16.9. The minimum Gasteiger partial charge on any atom is -0.494 e. The number of hydrogen-bond acceptors (Lipinski definition) is 2. The molecule has 112 valence electrons. The van der Waals surface area contributed by atoms with Crippen molar-refractivity contribution in [3.8, 4) is 5.75 Å². The number of benzene rings is 1. The summed E-state index contributed by atoms with van der Waals surface area (Å²) in [6.45, 7) is 2.29. The minimum absolute atomic E-state index is 0.0828. The van der Waals surface area contributed by atoms with Crippen LogP contribution >= 0.6 is 15.9 Å². The molecule has 20 heavy (non-hydrogen) atoms. The van der Waals surface area contributed by atoms with E-state index in [2.05, 4.69) is 15.9 Å². The largest absolute Gasteiger partial charge is 0.494 e. The molecule has 1 aromatic carbocycles. The van der Waals surface area contributed by atoms with E-state index in [-0.39, 0.29) is 31.2 Å². The van der Waals surface area contributed by atoms with Gasteiger partial charge in [-0.2, -0.15) is 0 Å². The van der Waals surface area contributed by atoms with E-state index in [4.69, 9.17) is 9.84 Å². The SMILES string of the molecule is CCOc1ccc(C(F)(F)CCCCC(=O)O)c(Br)c1. The van der Waals surface area contributed by atoms with Crippen LogP contribution in [0.25, 0.3) is 0 Å². The Morgan fingerprint density at radius 2 is 2.10 bits per heavy atom. The summed E-state index contributed by atoms with van der Waals surface area (Å²) >= 11 is 3.13. The van der Waals surface area contributed by atoms with Gasteiger partial charge in [0.2, 0.25) is 0 Å². The first-order chi connectivity index (χ1) is 9.36. The molecule has 0 unspecified atom stereocenters. The maximum absolute atomic E-state index is 14.0. The van der Waals surface area contributed by atoms with Crippen molar-refractivity contribution in [2.45, 2.75) is 38.5 Å². The Labute approximate surface area is 125 Å². The van der Waals surface area contributed by atoms with Gasteiger partial charge in [-0.3, -0.25) is 4.79 Å². The van der Waals surface area contributed by atoms with Crippen LogP contribution in [0.1, 0.15) is 38.2 Å². The van der Waals surface area contributed by atoms with Gasteiger partial charge in [-0.25, -0.2) is 8.78 Å². The average molecular weight is 351 g/mol. The van der Waals surface area contributed by atoms with Crippen LogP contribution in [0, 0.1) is 0 Å². The van der Waals surface area contributed by atoms with Crippen molar-refractivity contribution >= 4 is 21.9 Å². The molecule has 0 radical (unpaired) electrons. The molecule has 0 bridgehead atoms. The zero-order valence-electron chi connectivity index (χ0n) is 11.2. The van der Waals surface area contributed by atoms with Crippen LogP contribution in [0.2, 0.25) is 0 Å². The molecule has 0 atom stereocenters. The Kier molecular flexibility index (Phi) is 6.39. The van der Waals surface area contributed by atoms with Crippen molar-refractivity contribution in [1.29, 1.82) is 0 Å². The van der Waals surface area contributed by atoms with Gasteiger partial charge in [-0.1, -0.05) is 15.9 Å². The molecule has 0 aliphatic carbocycles. The van der Waals surface area contributed by atoms with Crippen molar-refractivity contribution in [2.75, 3.05) is 6.61 Å². The van der Waals surface area contributed by atoms with E-state index in [0.29, 0.717) is 16.8 Å². The van der Waals surface area contributed by atoms with E-state index < -0.39 is 11.9 Å². The summed E-state index contributed by atoms with van der Waals surface area (Å²) in [5.41, 5.74) is -0.101. The lowest BCUT2D eigenvalue weighted by Gasteiger charge is -2.18. The van der Waals surface area contributed by atoms with Crippen molar-refractivity contribution in [1.82, 2.24) is 0 Å². The average Bonchev–Trinajstić information content (AvgIpc) is 2.34. The quantitative estimate of drug-likeness (QED) is 0.697. The summed E-state index contributed by atoms with van der Waals surface area (Å²) in [4.78, 5) is 10.3. The Morgan fingerprint density at radius 1 is 1.40 bits per heavy atom. The Bertz CT molecular complexity index is 464. The highest BCUT2D eigenvalue weighted by atomic mass is 79.9. The molecule has 1 N–H and O–H groups in total. The van der Waals surface area contributed by atoms with Crippen molar-refractivity contribution in [2.24, 2.45) is 0 Å². The number of alkyl halides is 2. The zero-order chi connectivity index (χ0) is 15.2. The summed E-state index contributed by atoms with van der Waals surface area (Å²) in [5, 5.41) is 8.48. The number of ether oxygens (including phenoxy) is 1. The van der Waals surface area contributed by atoms with Crippen LogP contribution in [0.4, 0.5) is 8.78 Å². The van der Waals surface area contributed by atoms with Crippen LogP contribution in [-0.4, -0.2) is 17.7 Å². The zero-order valence-corrected chi connectivity index (χ0v) is 12.8. The molecule has 0 amide bonds. The van der Waals surface area contributed by atoms with Gasteiger partial charge in [-0.15, -0.1) is 0 Å². The molecule has 1 aromatic rings. The van der Waals surface area contributed by atoms with Gasteiger partial charge in [-0.05, 0) is 38.0 Å². The number of rotatable bonds is 8. The third kappa shape index (κ3) is 5.07. The van der Waals surface area contributed by atoms with E-state index in [1.165, 1.54) is 18.2 Å². The smallest absolute Gasteiger partial charge is 0.303 e. The van der Waals surface area contributed by atoms with Gasteiger partial charge in [0, 0.05) is 22.9 Å². The summed E-state index contributed by atoms with van der Waals surface area (Å²) in [6.07, 6.45) is -0.0358. The van der Waals surface area contributed by atoms with Crippen LogP contribution in [0.15, 0.2) is 22.7 Å². The second-order valence-electron chi connectivity index (χ2n) is 4.38. The highest BCUT2D eigenvalue weighted by Crippen LogP contribution is 2.39. The molecule has 6 heteroatoms. The molecule has 1 rings (SSSR count). The molecule has 0 aliphatic rings. The molecule has 0 aliphatic heterocycles. The Hall–Kier alpha value is -1.17. The maximum Gasteiger partial charge on any atom is 0.303 e. The van der Waals surface area contributed by atoms with Gasteiger partial charge in [0.15, 0.2) is 0 Å². The molecular weight excluding hydrogens is 334 g/mol. The number of carbonyl (C=O) groups is 1. The highest BCUT2D eigenvalue weighted by Gasteiger charge is 2.33. The van der Waals surface area contributed by atoms with Gasteiger partial charge < -0.3 is 9.84 Å². The molecule has 3 nitrogen and oxygen atoms in total. The van der Waals surface area contributed by atoms with E-state index in [1.807, 2.05) is 6.92 Å². The fourth-order valence-electron chi connectivity index (χ4n) is 1.81. The molecule has 0 saturated heterocycles. The summed E-state index contributed by atoms with van der Waals surface area (Å²) < 4.78 is 33.6. The third-order valence-electron chi connectivity index (χ3n) is 2.78. The number of hydrogen-bond donors (Lipinski definition) is 1. The lowest BCUT2D eigenvalue weighted by molar-refractivity contribution is -0.137. The topological polar surface area (TPSA) is 46.5 Å². The van der Waals surface area contributed by atoms with Crippen LogP contribution in [-0.2, 0) is 10.7 Å². The number of carboxylic acid groups (broad SMARTS) is 1.